The smallest absolute Gasteiger partial charge is 0.242 e. The Hall–Kier alpha value is -1.14. The minimum absolute atomic E-state index is 0.0717. The van der Waals surface area contributed by atoms with Crippen LogP contribution in [0.3, 0.4) is 0 Å². The predicted octanol–water partition coefficient (Wildman–Crippen LogP) is 3.05. The first-order chi connectivity index (χ1) is 9.94. The van der Waals surface area contributed by atoms with E-state index < -0.39 is 15.8 Å². The molecule has 21 heavy (non-hydrogen) atoms. The maximum absolute atomic E-state index is 13.3. The largest absolute Gasteiger partial charge is 0.398 e. The van der Waals surface area contributed by atoms with Gasteiger partial charge < -0.3 is 5.73 Å². The molecule has 1 saturated carbocycles. The number of nitrogens with one attached hydrogen (secondary N) is 1. The van der Waals surface area contributed by atoms with Crippen LogP contribution in [0.5, 0.6) is 0 Å². The van der Waals surface area contributed by atoms with E-state index >= 15 is 0 Å². The van der Waals surface area contributed by atoms with E-state index in [9.17, 15) is 12.8 Å². The summed E-state index contributed by atoms with van der Waals surface area (Å²) in [5.41, 5.74) is 5.76. The molecule has 0 amide bonds. The third-order valence-corrected chi connectivity index (χ3v) is 5.78. The second-order valence-electron chi connectivity index (χ2n) is 5.72. The van der Waals surface area contributed by atoms with Gasteiger partial charge in [0.05, 0.1) is 5.69 Å². The molecule has 0 spiro atoms. The summed E-state index contributed by atoms with van der Waals surface area (Å²) < 4.78 is 40.9. The molecule has 2 rings (SSSR count). The van der Waals surface area contributed by atoms with Crippen molar-refractivity contribution in [1.82, 2.24) is 4.72 Å². The zero-order valence-electron chi connectivity index (χ0n) is 12.3. The van der Waals surface area contributed by atoms with Crippen molar-refractivity contribution in [1.29, 1.82) is 0 Å². The van der Waals surface area contributed by atoms with E-state index in [1.165, 1.54) is 12.5 Å². The van der Waals surface area contributed by atoms with E-state index in [0.29, 0.717) is 5.92 Å². The number of halogens is 1. The van der Waals surface area contributed by atoms with Crippen LogP contribution in [0.4, 0.5) is 10.1 Å². The number of sulfonamides is 1. The van der Waals surface area contributed by atoms with Gasteiger partial charge in [0.15, 0.2) is 0 Å². The summed E-state index contributed by atoms with van der Waals surface area (Å²) in [6.45, 7) is 1.97. The fourth-order valence-electron chi connectivity index (χ4n) is 3.05. The van der Waals surface area contributed by atoms with Gasteiger partial charge >= 0.3 is 0 Å². The van der Waals surface area contributed by atoms with Crippen molar-refractivity contribution in [2.45, 2.75) is 56.4 Å². The van der Waals surface area contributed by atoms with Crippen LogP contribution in [0.25, 0.3) is 0 Å². The van der Waals surface area contributed by atoms with Gasteiger partial charge in [0.25, 0.3) is 0 Å². The Balaban J connectivity index is 2.20. The summed E-state index contributed by atoms with van der Waals surface area (Å²) in [4.78, 5) is -0.170. The van der Waals surface area contributed by atoms with Crippen LogP contribution in [0.1, 0.15) is 45.4 Å². The second-order valence-corrected chi connectivity index (χ2v) is 7.40. The van der Waals surface area contributed by atoms with Crippen molar-refractivity contribution in [3.63, 3.8) is 0 Å². The Morgan fingerprint density at radius 2 is 2.00 bits per heavy atom. The van der Waals surface area contributed by atoms with Crippen molar-refractivity contribution in [3.05, 3.63) is 24.0 Å². The van der Waals surface area contributed by atoms with E-state index in [4.69, 9.17) is 5.73 Å². The molecule has 1 atom stereocenters. The summed E-state index contributed by atoms with van der Waals surface area (Å²) in [5.74, 6) is -0.247. The molecule has 1 unspecified atom stereocenters. The van der Waals surface area contributed by atoms with E-state index in [0.717, 1.165) is 44.2 Å². The van der Waals surface area contributed by atoms with Crippen molar-refractivity contribution >= 4 is 15.7 Å². The van der Waals surface area contributed by atoms with Gasteiger partial charge in [-0.1, -0.05) is 26.2 Å². The third kappa shape index (κ3) is 3.95. The number of anilines is 1. The van der Waals surface area contributed by atoms with Crippen molar-refractivity contribution in [2.24, 2.45) is 5.92 Å². The maximum atomic E-state index is 13.3. The average Bonchev–Trinajstić information content (AvgIpc) is 2.48. The number of benzene rings is 1. The number of hydrogen-bond acceptors (Lipinski definition) is 3. The zero-order valence-corrected chi connectivity index (χ0v) is 13.1. The fraction of sp³-hybridized carbons (Fsp3) is 0.600. The lowest BCUT2D eigenvalue weighted by Gasteiger charge is -2.30. The van der Waals surface area contributed by atoms with Crippen LogP contribution in [0.2, 0.25) is 0 Å². The Labute approximate surface area is 126 Å². The SMILES string of the molecule is CCC(NS(=O)(=O)c1cc(F)ccc1N)C1CCCCC1. The normalized spacial score (nSPS) is 18.6. The molecule has 0 aromatic heterocycles. The quantitative estimate of drug-likeness (QED) is 0.821. The van der Waals surface area contributed by atoms with Gasteiger partial charge in [-0.15, -0.1) is 0 Å². The predicted molar refractivity (Wildman–Crippen MR) is 81.8 cm³/mol. The molecule has 0 bridgehead atoms. The minimum atomic E-state index is -3.79. The van der Waals surface area contributed by atoms with Crippen LogP contribution in [-0.4, -0.2) is 14.5 Å². The van der Waals surface area contributed by atoms with Gasteiger partial charge in [0, 0.05) is 6.04 Å². The lowest BCUT2D eigenvalue weighted by Crippen LogP contribution is -2.40. The molecule has 1 aliphatic carbocycles. The van der Waals surface area contributed by atoms with Gasteiger partial charge in [-0.05, 0) is 43.4 Å². The topological polar surface area (TPSA) is 72.2 Å². The molecule has 0 radical (unpaired) electrons. The summed E-state index contributed by atoms with van der Waals surface area (Å²) in [5, 5.41) is 0. The van der Waals surface area contributed by atoms with E-state index in [1.54, 1.807) is 0 Å². The van der Waals surface area contributed by atoms with Crippen LogP contribution in [-0.2, 0) is 10.0 Å². The zero-order chi connectivity index (χ0) is 15.5. The van der Waals surface area contributed by atoms with Crippen molar-refractivity contribution < 1.29 is 12.8 Å². The molecule has 0 heterocycles. The molecule has 6 heteroatoms. The van der Waals surface area contributed by atoms with Gasteiger partial charge in [-0.2, -0.15) is 0 Å². The lowest BCUT2D eigenvalue weighted by molar-refractivity contribution is 0.285. The first kappa shape index (κ1) is 16.2. The van der Waals surface area contributed by atoms with Gasteiger partial charge in [-0.25, -0.2) is 17.5 Å². The van der Waals surface area contributed by atoms with Gasteiger partial charge in [-0.3, -0.25) is 0 Å². The minimum Gasteiger partial charge on any atom is -0.398 e. The maximum Gasteiger partial charge on any atom is 0.242 e. The van der Waals surface area contributed by atoms with Crippen molar-refractivity contribution in [2.75, 3.05) is 5.73 Å². The highest BCUT2D eigenvalue weighted by atomic mass is 32.2. The molecule has 1 aromatic rings. The summed E-state index contributed by atoms with van der Waals surface area (Å²) in [7, 11) is -3.79. The van der Waals surface area contributed by atoms with E-state index in [-0.39, 0.29) is 16.6 Å². The Morgan fingerprint density at radius 1 is 1.33 bits per heavy atom. The molecular weight excluding hydrogens is 291 g/mol. The monoisotopic (exact) mass is 314 g/mol. The highest BCUT2D eigenvalue weighted by molar-refractivity contribution is 7.89. The molecule has 4 nitrogen and oxygen atoms in total. The van der Waals surface area contributed by atoms with Crippen LogP contribution in [0, 0.1) is 11.7 Å². The van der Waals surface area contributed by atoms with Crippen LogP contribution >= 0.6 is 0 Å². The third-order valence-electron chi connectivity index (χ3n) is 4.23. The summed E-state index contributed by atoms with van der Waals surface area (Å²) >= 11 is 0. The van der Waals surface area contributed by atoms with Gasteiger partial charge in [0.1, 0.15) is 10.7 Å². The average molecular weight is 314 g/mol. The molecule has 3 N–H and O–H groups in total. The Morgan fingerprint density at radius 3 is 2.62 bits per heavy atom. The van der Waals surface area contributed by atoms with E-state index in [2.05, 4.69) is 4.72 Å². The second kappa shape index (κ2) is 6.75. The summed E-state index contributed by atoms with van der Waals surface area (Å²) in [6.07, 6.45) is 6.31. The number of nitrogens with two attached hydrogens (primary N) is 1. The standard InChI is InChI=1S/C15H23FN2O2S/c1-2-14(11-6-4-3-5-7-11)18-21(19,20)15-10-12(16)8-9-13(15)17/h8-11,14,18H,2-7,17H2,1H3. The van der Waals surface area contributed by atoms with Gasteiger partial charge in [0.2, 0.25) is 10.0 Å². The first-order valence-corrected chi connectivity index (χ1v) is 8.99. The summed E-state index contributed by atoms with van der Waals surface area (Å²) in [6, 6.07) is 3.31. The molecule has 0 saturated heterocycles. The number of rotatable bonds is 5. The Bertz CT molecular complexity index is 583. The van der Waals surface area contributed by atoms with E-state index in [1.807, 2.05) is 6.92 Å². The Kier molecular flexibility index (Phi) is 5.22. The van der Waals surface area contributed by atoms with Crippen LogP contribution < -0.4 is 10.5 Å². The number of nitrogen functional groups attached to an aromatic ring is 1. The first-order valence-electron chi connectivity index (χ1n) is 7.51. The highest BCUT2D eigenvalue weighted by Gasteiger charge is 2.28. The lowest BCUT2D eigenvalue weighted by atomic mass is 9.83. The molecule has 118 valence electrons. The fourth-order valence-corrected chi connectivity index (χ4v) is 4.58. The van der Waals surface area contributed by atoms with Crippen molar-refractivity contribution in [3.8, 4) is 0 Å². The highest BCUT2D eigenvalue weighted by Crippen LogP contribution is 2.29. The molecule has 1 aliphatic rings. The molecule has 0 aliphatic heterocycles. The van der Waals surface area contributed by atoms with Crippen LogP contribution in [0.15, 0.2) is 23.1 Å². The molecule has 1 fully saturated rings. The molecule has 1 aromatic carbocycles. The number of hydrogen-bond donors (Lipinski definition) is 2. The molecular formula is C15H23FN2O2S.